The minimum atomic E-state index is -1.33. The van der Waals surface area contributed by atoms with E-state index < -0.39 is 6.09 Å². The van der Waals surface area contributed by atoms with E-state index in [1.165, 1.54) is 0 Å². The second kappa shape index (κ2) is 8.89. The van der Waals surface area contributed by atoms with Gasteiger partial charge in [-0.3, -0.25) is 0 Å². The van der Waals surface area contributed by atoms with Gasteiger partial charge in [0.25, 0.3) is 0 Å². The van der Waals surface area contributed by atoms with E-state index in [4.69, 9.17) is 9.90 Å². The number of hydrogen-bond donors (Lipinski definition) is 3. The van der Waals surface area contributed by atoms with Gasteiger partial charge in [0.15, 0.2) is 0 Å². The highest BCUT2D eigenvalue weighted by molar-refractivity contribution is 5.61. The fourth-order valence-corrected chi connectivity index (χ4v) is 0. The number of rotatable bonds is 0. The summed E-state index contributed by atoms with van der Waals surface area (Å²) in [5, 5.41) is 7.19. The van der Waals surface area contributed by atoms with Crippen molar-refractivity contribution in [3.05, 3.63) is 0 Å². The van der Waals surface area contributed by atoms with Gasteiger partial charge in [-0.15, -0.1) is 0 Å². The molecule has 0 fully saturated rings. The Balaban J connectivity index is -0.0000000450. The van der Waals surface area contributed by atoms with Crippen LogP contribution >= 0.6 is 0 Å². The van der Waals surface area contributed by atoms with Crippen LogP contribution in [0, 0.1) is 0 Å². The van der Waals surface area contributed by atoms with E-state index in [0.29, 0.717) is 0 Å². The number of carboxylic acid groups (broad SMARTS) is 1. The third-order valence-electron chi connectivity index (χ3n) is 0. The molecule has 0 aromatic rings. The summed E-state index contributed by atoms with van der Waals surface area (Å²) in [6.45, 7) is 0. The normalized spacial score (nSPS) is 4.00. The van der Waals surface area contributed by atoms with Crippen LogP contribution in [0.25, 0.3) is 0 Å². The third kappa shape index (κ3) is 23.3. The van der Waals surface area contributed by atoms with Crippen molar-refractivity contribution in [2.24, 2.45) is 5.73 Å². The lowest BCUT2D eigenvalue weighted by Crippen LogP contribution is -2.03. The lowest BCUT2D eigenvalue weighted by atomic mass is 11.3. The molecule has 0 rings (SSSR count). The Kier molecular flexibility index (Phi) is 28.1. The van der Waals surface area contributed by atoms with E-state index in [9.17, 15) is 0 Å². The topological polar surface area (TPSA) is 129 Å². The molecule has 3 radical (unpaired) electrons. The molecule has 0 bridgehead atoms. The lowest BCUT2D eigenvalue weighted by molar-refractivity contribution is 0.205. The SMILES string of the molecule is N.NC(=O)O.[N]. The second-order valence-corrected chi connectivity index (χ2v) is 0.338. The van der Waals surface area contributed by atoms with Crippen LogP contribution in [-0.4, -0.2) is 11.2 Å². The monoisotopic (exact) mass is 92.0 g/mol. The summed E-state index contributed by atoms with van der Waals surface area (Å²) in [5.41, 5.74) is 4.03. The highest BCUT2D eigenvalue weighted by Crippen LogP contribution is 1.34. The van der Waals surface area contributed by atoms with Gasteiger partial charge in [-0.25, -0.2) is 4.79 Å². The molecule has 0 aliphatic carbocycles. The Labute approximate surface area is 35.3 Å². The molecular weight excluding hydrogens is 86.0 g/mol. The maximum atomic E-state index is 8.78. The molecule has 0 spiro atoms. The summed E-state index contributed by atoms with van der Waals surface area (Å²) in [6.07, 6.45) is -1.33. The number of hydrogen-bond acceptors (Lipinski definition) is 2. The van der Waals surface area contributed by atoms with Crippen molar-refractivity contribution in [2.75, 3.05) is 0 Å². The standard InChI is InChI=1S/CH3NO2.H3N.N/c2-1(3)4;;/h2H2,(H,3,4);1H3;. The summed E-state index contributed by atoms with van der Waals surface area (Å²) in [6, 6.07) is 0. The van der Waals surface area contributed by atoms with Crippen molar-refractivity contribution in [3.63, 3.8) is 0 Å². The quantitative estimate of drug-likeness (QED) is 0.365. The zero-order valence-electron chi connectivity index (χ0n) is 3.09. The van der Waals surface area contributed by atoms with Crippen LogP contribution in [-0.2, 0) is 0 Å². The Morgan fingerprint density at radius 1 is 1.67 bits per heavy atom. The number of nitrogens with zero attached hydrogens (tertiary/aromatic N) is 1. The van der Waals surface area contributed by atoms with Crippen LogP contribution in [0.3, 0.4) is 0 Å². The zero-order valence-corrected chi connectivity index (χ0v) is 3.09. The largest absolute Gasteiger partial charge is 0.465 e. The molecule has 37 valence electrons. The molecule has 6 N–H and O–H groups in total. The molecule has 0 saturated heterocycles. The fourth-order valence-electron chi connectivity index (χ4n) is 0. The van der Waals surface area contributed by atoms with E-state index in [1.807, 2.05) is 0 Å². The molecule has 1 amide bonds. The summed E-state index contributed by atoms with van der Waals surface area (Å²) < 4.78 is 0. The van der Waals surface area contributed by atoms with Crippen LogP contribution in [0.1, 0.15) is 0 Å². The van der Waals surface area contributed by atoms with E-state index in [1.54, 1.807) is 0 Å². The molecule has 5 nitrogen and oxygen atoms in total. The minimum absolute atomic E-state index is 0. The van der Waals surface area contributed by atoms with Crippen LogP contribution in [0.2, 0.25) is 0 Å². The van der Waals surface area contributed by atoms with Crippen LogP contribution in [0.5, 0.6) is 0 Å². The maximum Gasteiger partial charge on any atom is 0.402 e. The molecule has 6 heavy (non-hydrogen) atoms. The number of amides is 1. The van der Waals surface area contributed by atoms with Crippen LogP contribution in [0.15, 0.2) is 0 Å². The number of primary amides is 1. The van der Waals surface area contributed by atoms with Gasteiger partial charge >= 0.3 is 6.09 Å². The molecule has 0 heterocycles. The molecule has 0 aromatic heterocycles. The first kappa shape index (κ1) is 19.0. The molecule has 0 unspecified atom stereocenters. The molecule has 0 aliphatic rings. The highest BCUT2D eigenvalue weighted by Gasteiger charge is 1.65. The number of carbonyl (C=O) groups is 1. The van der Waals surface area contributed by atoms with Gasteiger partial charge in [-0.05, 0) is 0 Å². The van der Waals surface area contributed by atoms with Gasteiger partial charge in [0.2, 0.25) is 0 Å². The Bertz CT molecular complexity index is 31.8. The molecule has 0 atom stereocenters. The molecular formula is CH6N3O2. The second-order valence-electron chi connectivity index (χ2n) is 0.338. The highest BCUT2D eigenvalue weighted by atomic mass is 16.4. The minimum Gasteiger partial charge on any atom is -0.465 e. The zero-order chi connectivity index (χ0) is 3.58. The smallest absolute Gasteiger partial charge is 0.402 e. The average molecular weight is 92.1 g/mol. The Hall–Kier alpha value is -0.810. The summed E-state index contributed by atoms with van der Waals surface area (Å²) in [7, 11) is 0. The molecule has 5 heteroatoms. The fraction of sp³-hybridized carbons (Fsp3) is 0. The number of nitrogens with two attached hydrogens (primary N) is 1. The summed E-state index contributed by atoms with van der Waals surface area (Å²) >= 11 is 0. The predicted molar refractivity (Wildman–Crippen MR) is 19.4 cm³/mol. The van der Waals surface area contributed by atoms with Gasteiger partial charge < -0.3 is 17.0 Å². The molecule has 0 aromatic carbocycles. The first-order chi connectivity index (χ1) is 1.73. The van der Waals surface area contributed by atoms with Crippen molar-refractivity contribution in [1.29, 1.82) is 0 Å². The van der Waals surface area contributed by atoms with Gasteiger partial charge in [0.1, 0.15) is 0 Å². The maximum absolute atomic E-state index is 8.78. The van der Waals surface area contributed by atoms with E-state index in [2.05, 4.69) is 5.73 Å². The Morgan fingerprint density at radius 3 is 1.67 bits per heavy atom. The van der Waals surface area contributed by atoms with Crippen molar-refractivity contribution in [2.45, 2.75) is 0 Å². The average Bonchev–Trinajstić information content (AvgIpc) is 0.811. The van der Waals surface area contributed by atoms with Crippen LogP contribution in [0.4, 0.5) is 4.79 Å². The van der Waals surface area contributed by atoms with E-state index >= 15 is 0 Å². The van der Waals surface area contributed by atoms with Crippen LogP contribution < -0.4 is 18.0 Å². The summed E-state index contributed by atoms with van der Waals surface area (Å²) in [4.78, 5) is 8.78. The Morgan fingerprint density at radius 2 is 1.67 bits per heavy atom. The van der Waals surface area contributed by atoms with Crippen molar-refractivity contribution in [3.8, 4) is 0 Å². The van der Waals surface area contributed by atoms with Crippen molar-refractivity contribution < 1.29 is 9.90 Å². The summed E-state index contributed by atoms with van der Waals surface area (Å²) in [5.74, 6) is 0. The first-order valence-corrected chi connectivity index (χ1v) is 0.716. The first-order valence-electron chi connectivity index (χ1n) is 0.716. The van der Waals surface area contributed by atoms with Gasteiger partial charge in [-0.2, -0.15) is 0 Å². The van der Waals surface area contributed by atoms with Gasteiger partial charge in [-0.1, -0.05) is 0 Å². The predicted octanol–water partition coefficient (Wildman–Crippen LogP) is -0.696. The van der Waals surface area contributed by atoms with Crippen molar-refractivity contribution >= 4 is 6.09 Å². The van der Waals surface area contributed by atoms with Gasteiger partial charge in [0, 0.05) is 6.15 Å². The van der Waals surface area contributed by atoms with E-state index in [0.717, 1.165) is 0 Å². The molecule has 0 saturated carbocycles. The lowest BCUT2D eigenvalue weighted by Gasteiger charge is -1.61. The molecule has 0 aliphatic heterocycles. The third-order valence-corrected chi connectivity index (χ3v) is 0. The van der Waals surface area contributed by atoms with Crippen molar-refractivity contribution in [1.82, 2.24) is 12.3 Å². The van der Waals surface area contributed by atoms with Gasteiger partial charge in [0.05, 0.1) is 0 Å². The van der Waals surface area contributed by atoms with E-state index in [-0.39, 0.29) is 12.3 Å².